The largest absolute Gasteiger partial charge is 0.465 e. The molecule has 1 aliphatic heterocycles. The number of carbonyl (C=O) groups excluding carboxylic acids is 1. The fourth-order valence-electron chi connectivity index (χ4n) is 4.01. The van der Waals surface area contributed by atoms with Crippen molar-refractivity contribution >= 4 is 29.4 Å². The van der Waals surface area contributed by atoms with E-state index in [2.05, 4.69) is 17.6 Å². The molecule has 0 aliphatic carbocycles. The average molecular weight is 499 g/mol. The Balaban J connectivity index is 1.62. The molecule has 0 aromatic heterocycles. The van der Waals surface area contributed by atoms with Gasteiger partial charge >= 0.3 is 12.1 Å². The van der Waals surface area contributed by atoms with Crippen LogP contribution in [-0.2, 0) is 9.47 Å². The van der Waals surface area contributed by atoms with Gasteiger partial charge in [-0.15, -0.1) is 0 Å². The van der Waals surface area contributed by atoms with Gasteiger partial charge in [-0.25, -0.2) is 9.59 Å². The first-order valence-corrected chi connectivity index (χ1v) is 12.4. The van der Waals surface area contributed by atoms with Crippen LogP contribution in [0.2, 0.25) is 5.02 Å². The molecule has 34 heavy (non-hydrogen) atoms. The topological polar surface area (TPSA) is 103 Å². The Labute approximate surface area is 207 Å². The van der Waals surface area contributed by atoms with Crippen molar-refractivity contribution in [2.45, 2.75) is 38.6 Å². The van der Waals surface area contributed by atoms with Crippen molar-refractivity contribution < 1.29 is 24.2 Å². The third-order valence-corrected chi connectivity index (χ3v) is 6.04. The van der Waals surface area contributed by atoms with Crippen LogP contribution in [0.1, 0.15) is 32.6 Å². The number of anilines is 1. The first-order chi connectivity index (χ1) is 16.4. The molecule has 0 radical (unpaired) electrons. The van der Waals surface area contributed by atoms with Crippen molar-refractivity contribution in [2.75, 3.05) is 64.6 Å². The number of nitrogens with one attached hydrogen (secondary N) is 2. The van der Waals surface area contributed by atoms with Crippen molar-refractivity contribution in [3.8, 4) is 0 Å². The number of likely N-dealkylation sites (N-methyl/N-ethyl adjacent to an activating group) is 1. The summed E-state index contributed by atoms with van der Waals surface area (Å²) in [6.07, 6.45) is 2.88. The lowest BCUT2D eigenvalue weighted by Gasteiger charge is -2.28. The predicted molar refractivity (Wildman–Crippen MR) is 134 cm³/mol. The first-order valence-electron chi connectivity index (χ1n) is 12.0. The summed E-state index contributed by atoms with van der Waals surface area (Å²) in [5.74, 6) is 0.542. The molecule has 3 N–H and O–H groups in total. The smallest absolute Gasteiger partial charge is 0.411 e. The van der Waals surface area contributed by atoms with Crippen LogP contribution in [-0.4, -0.2) is 87.8 Å². The van der Waals surface area contributed by atoms with E-state index >= 15 is 0 Å². The van der Waals surface area contributed by atoms with Gasteiger partial charge in [-0.05, 0) is 56.3 Å². The molecule has 1 aromatic carbocycles. The van der Waals surface area contributed by atoms with Crippen LogP contribution in [0, 0.1) is 5.92 Å². The number of urea groups is 1. The van der Waals surface area contributed by atoms with Gasteiger partial charge in [-0.3, -0.25) is 4.90 Å². The minimum Gasteiger partial charge on any atom is -0.465 e. The van der Waals surface area contributed by atoms with E-state index in [1.807, 2.05) is 0 Å². The number of nitrogens with zero attached hydrogens (tertiary/aromatic N) is 2. The monoisotopic (exact) mass is 498 g/mol. The molecular formula is C24H39ClN4O5. The van der Waals surface area contributed by atoms with Crippen LogP contribution < -0.4 is 15.5 Å². The normalized spacial score (nSPS) is 16.6. The number of carbonyl (C=O) groups is 2. The van der Waals surface area contributed by atoms with Gasteiger partial charge < -0.3 is 30.1 Å². The maximum absolute atomic E-state index is 12.5. The van der Waals surface area contributed by atoms with Crippen LogP contribution in [0.25, 0.3) is 0 Å². The fraction of sp³-hybridized carbons (Fsp3) is 0.667. The van der Waals surface area contributed by atoms with E-state index in [1.54, 1.807) is 36.2 Å². The van der Waals surface area contributed by atoms with E-state index in [9.17, 15) is 14.7 Å². The highest BCUT2D eigenvalue weighted by atomic mass is 35.5. The molecule has 0 spiro atoms. The lowest BCUT2D eigenvalue weighted by atomic mass is 9.94. The van der Waals surface area contributed by atoms with Gasteiger partial charge in [0.05, 0.1) is 13.2 Å². The predicted octanol–water partition coefficient (Wildman–Crippen LogP) is 3.67. The summed E-state index contributed by atoms with van der Waals surface area (Å²) in [6.45, 7) is 6.60. The number of benzene rings is 1. The molecule has 192 valence electrons. The summed E-state index contributed by atoms with van der Waals surface area (Å²) in [7, 11) is 1.76. The quantitative estimate of drug-likeness (QED) is 0.338. The Morgan fingerprint density at radius 1 is 1.32 bits per heavy atom. The minimum atomic E-state index is -1.06. The zero-order chi connectivity index (χ0) is 24.8. The summed E-state index contributed by atoms with van der Waals surface area (Å²) < 4.78 is 11.2. The Hall–Kier alpha value is -2.07. The fourth-order valence-corrected chi connectivity index (χ4v) is 4.20. The zero-order valence-electron chi connectivity index (χ0n) is 20.3. The summed E-state index contributed by atoms with van der Waals surface area (Å²) in [5.41, 5.74) is 0.506. The Kier molecular flexibility index (Phi) is 13.1. The maximum atomic E-state index is 12.5. The van der Waals surface area contributed by atoms with Crippen LogP contribution in [0.3, 0.4) is 0 Å². The molecule has 2 rings (SSSR count). The average Bonchev–Trinajstić information content (AvgIpc) is 2.82. The Morgan fingerprint density at radius 3 is 2.82 bits per heavy atom. The summed E-state index contributed by atoms with van der Waals surface area (Å²) in [5, 5.41) is 16.4. The maximum Gasteiger partial charge on any atom is 0.411 e. The van der Waals surface area contributed by atoms with Crippen LogP contribution in [0.15, 0.2) is 24.3 Å². The highest BCUT2D eigenvalue weighted by molar-refractivity contribution is 6.30. The molecular weight excluding hydrogens is 460 g/mol. The SMILES string of the molecule is CCNC(CNC(=O)N(C)CCCOCCN(C(=O)O)c1cccc(Cl)c1)CC1CCCOC1. The van der Waals surface area contributed by atoms with Gasteiger partial charge in [0.2, 0.25) is 0 Å². The molecule has 1 saturated heterocycles. The van der Waals surface area contributed by atoms with Crippen LogP contribution >= 0.6 is 11.6 Å². The van der Waals surface area contributed by atoms with E-state index in [-0.39, 0.29) is 25.2 Å². The summed E-state index contributed by atoms with van der Waals surface area (Å²) >= 11 is 5.95. The molecule has 1 aliphatic rings. The first kappa shape index (κ1) is 28.2. The number of hydrogen-bond donors (Lipinski definition) is 3. The van der Waals surface area contributed by atoms with Crippen molar-refractivity contribution in [3.63, 3.8) is 0 Å². The van der Waals surface area contributed by atoms with E-state index in [1.165, 1.54) is 11.3 Å². The molecule has 10 heteroatoms. The third kappa shape index (κ3) is 10.5. The van der Waals surface area contributed by atoms with Crippen molar-refractivity contribution in [1.29, 1.82) is 0 Å². The summed E-state index contributed by atoms with van der Waals surface area (Å²) in [6, 6.07) is 6.82. The van der Waals surface area contributed by atoms with E-state index in [4.69, 9.17) is 21.1 Å². The summed E-state index contributed by atoms with van der Waals surface area (Å²) in [4.78, 5) is 26.8. The van der Waals surface area contributed by atoms with Gasteiger partial charge in [-0.1, -0.05) is 24.6 Å². The van der Waals surface area contributed by atoms with Gasteiger partial charge in [0.25, 0.3) is 0 Å². The molecule has 3 amide bonds. The molecule has 2 unspecified atom stereocenters. The van der Waals surface area contributed by atoms with Gasteiger partial charge in [0.15, 0.2) is 0 Å². The van der Waals surface area contributed by atoms with Crippen molar-refractivity contribution in [2.24, 2.45) is 5.92 Å². The molecule has 1 fully saturated rings. The second-order valence-corrected chi connectivity index (χ2v) is 9.00. The van der Waals surface area contributed by atoms with Crippen LogP contribution in [0.4, 0.5) is 15.3 Å². The zero-order valence-corrected chi connectivity index (χ0v) is 21.1. The Bertz CT molecular complexity index is 748. The second-order valence-electron chi connectivity index (χ2n) is 8.56. The van der Waals surface area contributed by atoms with Crippen molar-refractivity contribution in [3.05, 3.63) is 29.3 Å². The van der Waals surface area contributed by atoms with Crippen molar-refractivity contribution in [1.82, 2.24) is 15.5 Å². The van der Waals surface area contributed by atoms with Gasteiger partial charge in [0, 0.05) is 56.7 Å². The highest BCUT2D eigenvalue weighted by Gasteiger charge is 2.20. The molecule has 1 aromatic rings. The van der Waals surface area contributed by atoms with E-state index in [0.29, 0.717) is 42.7 Å². The number of carboxylic acid groups (broad SMARTS) is 1. The lowest BCUT2D eigenvalue weighted by molar-refractivity contribution is 0.0476. The van der Waals surface area contributed by atoms with E-state index < -0.39 is 6.09 Å². The highest BCUT2D eigenvalue weighted by Crippen LogP contribution is 2.20. The van der Waals surface area contributed by atoms with Gasteiger partial charge in [0.1, 0.15) is 0 Å². The minimum absolute atomic E-state index is 0.110. The van der Waals surface area contributed by atoms with E-state index in [0.717, 1.165) is 32.6 Å². The molecule has 0 saturated carbocycles. The standard InChI is InChI=1S/C24H39ClN4O5/c1-3-26-21(15-19-7-5-12-34-18-19)17-27-23(30)28(2)10-6-13-33-14-11-29(24(31)32)22-9-4-8-20(25)16-22/h4,8-9,16,19,21,26H,3,5-7,10-15,17-18H2,1-2H3,(H,27,30)(H,31,32). The number of ether oxygens (including phenoxy) is 2. The number of halogens is 1. The van der Waals surface area contributed by atoms with Crippen LogP contribution in [0.5, 0.6) is 0 Å². The lowest BCUT2D eigenvalue weighted by Crippen LogP contribution is -2.46. The third-order valence-electron chi connectivity index (χ3n) is 5.80. The molecule has 0 bridgehead atoms. The number of amides is 3. The Morgan fingerprint density at radius 2 is 2.15 bits per heavy atom. The number of rotatable bonds is 14. The number of hydrogen-bond acceptors (Lipinski definition) is 5. The second kappa shape index (κ2) is 15.8. The van der Waals surface area contributed by atoms with Gasteiger partial charge in [-0.2, -0.15) is 0 Å². The molecule has 1 heterocycles. The molecule has 2 atom stereocenters. The molecule has 9 nitrogen and oxygen atoms in total.